The number of amides is 2. The van der Waals surface area contributed by atoms with Crippen molar-refractivity contribution in [3.8, 4) is 0 Å². The second-order valence-corrected chi connectivity index (χ2v) is 10.6. The summed E-state index contributed by atoms with van der Waals surface area (Å²) < 4.78 is 0. The highest BCUT2D eigenvalue weighted by atomic mass is 16.2. The van der Waals surface area contributed by atoms with Gasteiger partial charge < -0.3 is 10.2 Å². The van der Waals surface area contributed by atoms with Crippen LogP contribution in [0.2, 0.25) is 0 Å². The first-order valence-corrected chi connectivity index (χ1v) is 11.9. The van der Waals surface area contributed by atoms with Crippen molar-refractivity contribution in [2.75, 3.05) is 11.9 Å². The van der Waals surface area contributed by atoms with Gasteiger partial charge in [-0.1, -0.05) is 71.0 Å². The van der Waals surface area contributed by atoms with E-state index in [1.165, 1.54) is 11.1 Å². The smallest absolute Gasteiger partial charge is 0.247 e. The Hall–Kier alpha value is -2.62. The van der Waals surface area contributed by atoms with Crippen LogP contribution in [-0.4, -0.2) is 29.3 Å². The number of nitrogens with one attached hydrogen (secondary N) is 1. The number of carbonyl (C=O) groups excluding carboxylic acids is 2. The zero-order valence-electron chi connectivity index (χ0n) is 20.4. The SMILES string of the molecule is CC(C)Cc1ccc(C(C)C(=O)N2CCCC2C(=O)Nc2ccc(C(C)(C)C)cc2)cc1. The number of hydrogen-bond acceptors (Lipinski definition) is 2. The number of anilines is 1. The van der Waals surface area contributed by atoms with Crippen molar-refractivity contribution in [3.05, 3.63) is 65.2 Å². The molecule has 1 saturated heterocycles. The third-order valence-corrected chi connectivity index (χ3v) is 6.35. The number of rotatable bonds is 6. The van der Waals surface area contributed by atoms with E-state index < -0.39 is 6.04 Å². The van der Waals surface area contributed by atoms with Crippen LogP contribution in [0, 0.1) is 5.92 Å². The summed E-state index contributed by atoms with van der Waals surface area (Å²) in [7, 11) is 0. The minimum Gasteiger partial charge on any atom is -0.330 e. The molecule has 0 saturated carbocycles. The normalized spacial score (nSPS) is 17.5. The molecule has 32 heavy (non-hydrogen) atoms. The van der Waals surface area contributed by atoms with Crippen LogP contribution in [0.4, 0.5) is 5.69 Å². The van der Waals surface area contributed by atoms with Gasteiger partial charge in [-0.3, -0.25) is 9.59 Å². The van der Waals surface area contributed by atoms with E-state index in [0.717, 1.165) is 24.1 Å². The fraction of sp³-hybridized carbons (Fsp3) is 0.500. The number of carbonyl (C=O) groups is 2. The highest BCUT2D eigenvalue weighted by molar-refractivity contribution is 5.98. The molecule has 2 atom stereocenters. The van der Waals surface area contributed by atoms with Crippen LogP contribution in [0.1, 0.15) is 77.0 Å². The van der Waals surface area contributed by atoms with Crippen LogP contribution in [0.5, 0.6) is 0 Å². The molecule has 1 heterocycles. The van der Waals surface area contributed by atoms with Crippen LogP contribution in [0.25, 0.3) is 0 Å². The van der Waals surface area contributed by atoms with Gasteiger partial charge in [-0.15, -0.1) is 0 Å². The molecule has 1 aliphatic heterocycles. The number of hydrogen-bond donors (Lipinski definition) is 1. The van der Waals surface area contributed by atoms with Crippen molar-refractivity contribution in [1.82, 2.24) is 4.90 Å². The standard InChI is InChI=1S/C28H38N2O2/c1-19(2)18-21-9-11-22(12-10-21)20(3)27(32)30-17-7-8-25(30)26(31)29-24-15-13-23(14-16-24)28(4,5)6/h9-16,19-20,25H,7-8,17-18H2,1-6H3,(H,29,31). The van der Waals surface area contributed by atoms with Crippen molar-refractivity contribution in [3.63, 3.8) is 0 Å². The molecule has 0 aliphatic carbocycles. The van der Waals surface area contributed by atoms with Crippen molar-refractivity contribution in [2.45, 2.75) is 78.2 Å². The Morgan fingerprint density at radius 2 is 1.62 bits per heavy atom. The molecule has 1 aliphatic rings. The predicted octanol–water partition coefficient (Wildman–Crippen LogP) is 5.92. The Labute approximate surface area is 193 Å². The Bertz CT molecular complexity index is 923. The molecule has 1 N–H and O–H groups in total. The summed E-state index contributed by atoms with van der Waals surface area (Å²) in [6.45, 7) is 13.5. The van der Waals surface area contributed by atoms with Gasteiger partial charge in [0, 0.05) is 12.2 Å². The van der Waals surface area contributed by atoms with Gasteiger partial charge in [-0.25, -0.2) is 0 Å². The molecule has 0 bridgehead atoms. The molecule has 2 aromatic rings. The fourth-order valence-corrected chi connectivity index (χ4v) is 4.39. The number of likely N-dealkylation sites (tertiary alicyclic amines) is 1. The molecule has 4 heteroatoms. The summed E-state index contributed by atoms with van der Waals surface area (Å²) in [6.07, 6.45) is 2.60. The lowest BCUT2D eigenvalue weighted by atomic mass is 9.87. The number of nitrogens with zero attached hydrogens (tertiary/aromatic N) is 1. The first-order chi connectivity index (χ1) is 15.1. The summed E-state index contributed by atoms with van der Waals surface area (Å²) in [5.74, 6) is 0.275. The summed E-state index contributed by atoms with van der Waals surface area (Å²) in [5.41, 5.74) is 4.36. The molecule has 0 aromatic heterocycles. The van der Waals surface area contributed by atoms with E-state index in [2.05, 4.69) is 76.3 Å². The lowest BCUT2D eigenvalue weighted by Gasteiger charge is -2.27. The topological polar surface area (TPSA) is 49.4 Å². The Morgan fingerprint density at radius 1 is 1.00 bits per heavy atom. The number of benzene rings is 2. The highest BCUT2D eigenvalue weighted by Crippen LogP contribution is 2.27. The van der Waals surface area contributed by atoms with Gasteiger partial charge in [0.2, 0.25) is 11.8 Å². The van der Waals surface area contributed by atoms with Gasteiger partial charge in [0.1, 0.15) is 6.04 Å². The monoisotopic (exact) mass is 434 g/mol. The fourth-order valence-electron chi connectivity index (χ4n) is 4.39. The van der Waals surface area contributed by atoms with E-state index in [9.17, 15) is 9.59 Å². The van der Waals surface area contributed by atoms with Crippen molar-refractivity contribution in [2.24, 2.45) is 5.92 Å². The van der Waals surface area contributed by atoms with Gasteiger partial charge in [-0.2, -0.15) is 0 Å². The van der Waals surface area contributed by atoms with Gasteiger partial charge >= 0.3 is 0 Å². The van der Waals surface area contributed by atoms with E-state index in [4.69, 9.17) is 0 Å². The minimum atomic E-state index is -0.410. The second kappa shape index (κ2) is 9.89. The van der Waals surface area contributed by atoms with Crippen molar-refractivity contribution in [1.29, 1.82) is 0 Å². The molecule has 4 nitrogen and oxygen atoms in total. The molecule has 0 radical (unpaired) electrons. The van der Waals surface area contributed by atoms with Crippen LogP contribution >= 0.6 is 0 Å². The van der Waals surface area contributed by atoms with Gasteiger partial charge in [0.05, 0.1) is 5.92 Å². The quantitative estimate of drug-likeness (QED) is 0.614. The Balaban J connectivity index is 1.66. The maximum atomic E-state index is 13.3. The molecule has 2 amide bonds. The Kier molecular flexibility index (Phi) is 7.43. The van der Waals surface area contributed by atoms with E-state index in [1.807, 2.05) is 19.1 Å². The van der Waals surface area contributed by atoms with Crippen LogP contribution < -0.4 is 5.32 Å². The van der Waals surface area contributed by atoms with E-state index in [0.29, 0.717) is 18.9 Å². The molecule has 0 spiro atoms. The molecule has 1 fully saturated rings. The highest BCUT2D eigenvalue weighted by Gasteiger charge is 2.36. The third kappa shape index (κ3) is 5.79. The van der Waals surface area contributed by atoms with Crippen molar-refractivity contribution < 1.29 is 9.59 Å². The molecule has 2 aromatic carbocycles. The minimum absolute atomic E-state index is 0.0299. The Morgan fingerprint density at radius 3 is 2.19 bits per heavy atom. The van der Waals surface area contributed by atoms with Crippen LogP contribution in [-0.2, 0) is 21.4 Å². The third-order valence-electron chi connectivity index (χ3n) is 6.35. The van der Waals surface area contributed by atoms with Crippen molar-refractivity contribution >= 4 is 17.5 Å². The summed E-state index contributed by atoms with van der Waals surface area (Å²) in [5, 5.41) is 3.02. The first kappa shape index (κ1) is 24.0. The molecule has 172 valence electrons. The second-order valence-electron chi connectivity index (χ2n) is 10.6. The first-order valence-electron chi connectivity index (χ1n) is 11.9. The summed E-state index contributed by atoms with van der Waals surface area (Å²) in [6, 6.07) is 15.9. The molecule has 3 rings (SSSR count). The summed E-state index contributed by atoms with van der Waals surface area (Å²) in [4.78, 5) is 28.1. The van der Waals surface area contributed by atoms with E-state index >= 15 is 0 Å². The maximum Gasteiger partial charge on any atom is 0.247 e. The lowest BCUT2D eigenvalue weighted by molar-refractivity contribution is -0.137. The average molecular weight is 435 g/mol. The van der Waals surface area contributed by atoms with Gasteiger partial charge in [0.15, 0.2) is 0 Å². The lowest BCUT2D eigenvalue weighted by Crippen LogP contribution is -2.44. The zero-order chi connectivity index (χ0) is 23.5. The molecule has 2 unspecified atom stereocenters. The van der Waals surface area contributed by atoms with Crippen LogP contribution in [0.15, 0.2) is 48.5 Å². The maximum absolute atomic E-state index is 13.3. The average Bonchev–Trinajstić information content (AvgIpc) is 3.22. The predicted molar refractivity (Wildman–Crippen MR) is 132 cm³/mol. The van der Waals surface area contributed by atoms with Gasteiger partial charge in [-0.05, 0) is 66.3 Å². The molecular formula is C28H38N2O2. The largest absolute Gasteiger partial charge is 0.330 e. The van der Waals surface area contributed by atoms with Crippen LogP contribution in [0.3, 0.4) is 0 Å². The summed E-state index contributed by atoms with van der Waals surface area (Å²) >= 11 is 0. The molecular weight excluding hydrogens is 396 g/mol. The van der Waals surface area contributed by atoms with E-state index in [1.54, 1.807) is 4.90 Å². The van der Waals surface area contributed by atoms with Gasteiger partial charge in [0.25, 0.3) is 0 Å². The van der Waals surface area contributed by atoms with E-state index in [-0.39, 0.29) is 23.1 Å². The zero-order valence-corrected chi connectivity index (χ0v) is 20.4.